The van der Waals surface area contributed by atoms with Gasteiger partial charge in [-0.15, -0.1) is 0 Å². The maximum absolute atomic E-state index is 5.17. The van der Waals surface area contributed by atoms with E-state index in [-0.39, 0.29) is 0 Å². The summed E-state index contributed by atoms with van der Waals surface area (Å²) in [7, 11) is 0. The molecule has 0 aliphatic carbocycles. The van der Waals surface area contributed by atoms with Gasteiger partial charge in [0.05, 0.1) is 0 Å². The molecular formula is C57H37N3. The van der Waals surface area contributed by atoms with Crippen LogP contribution in [0.4, 0.5) is 0 Å². The van der Waals surface area contributed by atoms with Gasteiger partial charge < -0.3 is 0 Å². The van der Waals surface area contributed by atoms with E-state index in [2.05, 4.69) is 212 Å². The van der Waals surface area contributed by atoms with Crippen LogP contribution < -0.4 is 0 Å². The molecule has 0 radical (unpaired) electrons. The lowest BCUT2D eigenvalue weighted by molar-refractivity contribution is 1.07. The van der Waals surface area contributed by atoms with Crippen LogP contribution in [0.15, 0.2) is 224 Å². The number of rotatable bonds is 7. The van der Waals surface area contributed by atoms with Crippen molar-refractivity contribution in [1.29, 1.82) is 0 Å². The van der Waals surface area contributed by atoms with Crippen LogP contribution >= 0.6 is 0 Å². The fourth-order valence-electron chi connectivity index (χ4n) is 8.50. The average molecular weight is 764 g/mol. The summed E-state index contributed by atoms with van der Waals surface area (Å²) in [5.41, 5.74) is 11.9. The van der Waals surface area contributed by atoms with Crippen molar-refractivity contribution in [3.05, 3.63) is 224 Å². The van der Waals surface area contributed by atoms with Crippen molar-refractivity contribution in [3.63, 3.8) is 0 Å². The molecule has 0 spiro atoms. The van der Waals surface area contributed by atoms with Crippen molar-refractivity contribution in [1.82, 2.24) is 15.0 Å². The van der Waals surface area contributed by atoms with Gasteiger partial charge in [0.2, 0.25) is 0 Å². The van der Waals surface area contributed by atoms with E-state index in [1.165, 1.54) is 43.4 Å². The normalized spacial score (nSPS) is 11.3. The maximum Gasteiger partial charge on any atom is 0.164 e. The Balaban J connectivity index is 1.01. The van der Waals surface area contributed by atoms with E-state index in [0.717, 1.165) is 50.1 Å². The number of hydrogen-bond acceptors (Lipinski definition) is 3. The highest BCUT2D eigenvalue weighted by atomic mass is 15.0. The molecule has 0 unspecified atom stereocenters. The Hall–Kier alpha value is -8.01. The van der Waals surface area contributed by atoms with E-state index in [1.807, 2.05) is 12.1 Å². The van der Waals surface area contributed by atoms with E-state index >= 15 is 0 Å². The molecule has 11 rings (SSSR count). The summed E-state index contributed by atoms with van der Waals surface area (Å²) in [6, 6.07) is 79.5. The van der Waals surface area contributed by atoms with Gasteiger partial charge in [0.1, 0.15) is 0 Å². The standard InChI is InChI=1S/C57H37N3/c1-3-15-38(16-4-1)40-19-12-24-46(34-40)55-58-56(47-25-13-20-41(35-47)39-17-5-2-6-18-39)60-57(59-55)48-26-14-23-44(36-48)42-21-11-22-43(33-42)45-31-32-53-51-29-8-7-27-49(51)50-28-9-10-30-52(50)54(53)37-45/h1-37H. The first kappa shape index (κ1) is 35.2. The molecule has 0 saturated carbocycles. The van der Waals surface area contributed by atoms with Gasteiger partial charge in [-0.25, -0.2) is 15.0 Å². The van der Waals surface area contributed by atoms with E-state index in [9.17, 15) is 0 Å². The zero-order valence-corrected chi connectivity index (χ0v) is 32.7. The van der Waals surface area contributed by atoms with Gasteiger partial charge in [-0.3, -0.25) is 0 Å². The van der Waals surface area contributed by atoms with Gasteiger partial charge in [-0.1, -0.05) is 194 Å². The molecule has 0 aliphatic rings. The Morgan fingerprint density at radius 3 is 0.833 bits per heavy atom. The molecular weight excluding hydrogens is 727 g/mol. The molecule has 0 bridgehead atoms. The first-order valence-corrected chi connectivity index (χ1v) is 20.3. The average Bonchev–Trinajstić information content (AvgIpc) is 3.34. The highest BCUT2D eigenvalue weighted by Crippen LogP contribution is 2.38. The summed E-state index contributed by atoms with van der Waals surface area (Å²) in [5, 5.41) is 7.65. The smallest absolute Gasteiger partial charge is 0.164 e. The third kappa shape index (κ3) is 6.58. The van der Waals surface area contributed by atoms with Gasteiger partial charge in [0.25, 0.3) is 0 Å². The number of fused-ring (bicyclic) bond motifs is 6. The Morgan fingerprint density at radius 2 is 0.433 bits per heavy atom. The summed E-state index contributed by atoms with van der Waals surface area (Å²) in [4.78, 5) is 15.5. The minimum atomic E-state index is 0.622. The molecule has 11 aromatic rings. The molecule has 0 N–H and O–H groups in total. The first-order chi connectivity index (χ1) is 29.7. The number of hydrogen-bond donors (Lipinski definition) is 0. The molecule has 10 aromatic carbocycles. The topological polar surface area (TPSA) is 38.7 Å². The Bertz CT molecular complexity index is 3240. The van der Waals surface area contributed by atoms with Crippen molar-refractivity contribution < 1.29 is 0 Å². The highest BCUT2D eigenvalue weighted by molar-refractivity contribution is 6.25. The van der Waals surface area contributed by atoms with Crippen LogP contribution in [0.1, 0.15) is 0 Å². The molecule has 60 heavy (non-hydrogen) atoms. The Labute approximate surface area is 349 Å². The summed E-state index contributed by atoms with van der Waals surface area (Å²) in [5.74, 6) is 1.88. The second-order valence-electron chi connectivity index (χ2n) is 15.2. The monoisotopic (exact) mass is 763 g/mol. The molecule has 0 saturated heterocycles. The van der Waals surface area contributed by atoms with Crippen LogP contribution in [0.5, 0.6) is 0 Å². The second-order valence-corrected chi connectivity index (χ2v) is 15.2. The molecule has 0 atom stereocenters. The van der Waals surface area contributed by atoms with Gasteiger partial charge in [0.15, 0.2) is 17.5 Å². The quantitative estimate of drug-likeness (QED) is 0.152. The molecule has 3 heteroatoms. The third-order valence-electron chi connectivity index (χ3n) is 11.5. The van der Waals surface area contributed by atoms with Crippen molar-refractivity contribution in [2.75, 3.05) is 0 Å². The van der Waals surface area contributed by atoms with E-state index in [0.29, 0.717) is 17.5 Å². The maximum atomic E-state index is 5.17. The molecule has 3 nitrogen and oxygen atoms in total. The SMILES string of the molecule is c1ccc(-c2cccc(-c3nc(-c4cccc(-c5ccccc5)c4)nc(-c4cccc(-c5cccc(-c6ccc7c8ccccc8c8ccccc8c7c6)c5)c4)n3)c2)cc1. The minimum Gasteiger partial charge on any atom is -0.208 e. The van der Waals surface area contributed by atoms with Crippen molar-refractivity contribution >= 4 is 32.3 Å². The Kier molecular flexibility index (Phi) is 8.83. The van der Waals surface area contributed by atoms with Crippen LogP contribution in [0, 0.1) is 0 Å². The first-order valence-electron chi connectivity index (χ1n) is 20.3. The lowest BCUT2D eigenvalue weighted by atomic mass is 9.91. The molecule has 1 aromatic heterocycles. The van der Waals surface area contributed by atoms with Gasteiger partial charge in [-0.05, 0) is 107 Å². The van der Waals surface area contributed by atoms with Gasteiger partial charge in [-0.2, -0.15) is 0 Å². The molecule has 0 amide bonds. The predicted molar refractivity (Wildman–Crippen MR) is 250 cm³/mol. The number of benzene rings is 10. The summed E-state index contributed by atoms with van der Waals surface area (Å²) in [6.07, 6.45) is 0. The molecule has 0 fully saturated rings. The van der Waals surface area contributed by atoms with Crippen LogP contribution in [0.25, 0.3) is 111 Å². The number of aromatic nitrogens is 3. The fourth-order valence-corrected chi connectivity index (χ4v) is 8.50. The van der Waals surface area contributed by atoms with E-state index in [1.54, 1.807) is 0 Å². The van der Waals surface area contributed by atoms with Gasteiger partial charge >= 0.3 is 0 Å². The highest BCUT2D eigenvalue weighted by Gasteiger charge is 2.16. The molecule has 1 heterocycles. The third-order valence-corrected chi connectivity index (χ3v) is 11.5. The zero-order chi connectivity index (χ0) is 39.8. The van der Waals surface area contributed by atoms with Crippen molar-refractivity contribution in [2.24, 2.45) is 0 Å². The van der Waals surface area contributed by atoms with E-state index in [4.69, 9.17) is 15.0 Å². The summed E-state index contributed by atoms with van der Waals surface area (Å²) < 4.78 is 0. The van der Waals surface area contributed by atoms with E-state index < -0.39 is 0 Å². The number of nitrogens with zero attached hydrogens (tertiary/aromatic N) is 3. The largest absolute Gasteiger partial charge is 0.208 e. The Morgan fingerprint density at radius 1 is 0.167 bits per heavy atom. The predicted octanol–water partition coefficient (Wildman–Crippen LogP) is 15.0. The molecule has 0 aliphatic heterocycles. The van der Waals surface area contributed by atoms with Gasteiger partial charge in [0, 0.05) is 16.7 Å². The lowest BCUT2D eigenvalue weighted by Crippen LogP contribution is -2.00. The fraction of sp³-hybridized carbons (Fsp3) is 0. The van der Waals surface area contributed by atoms with Crippen LogP contribution in [-0.2, 0) is 0 Å². The van der Waals surface area contributed by atoms with Crippen molar-refractivity contribution in [2.45, 2.75) is 0 Å². The minimum absolute atomic E-state index is 0.622. The lowest BCUT2D eigenvalue weighted by Gasteiger charge is -2.13. The summed E-state index contributed by atoms with van der Waals surface area (Å²) in [6.45, 7) is 0. The zero-order valence-electron chi connectivity index (χ0n) is 32.7. The van der Waals surface area contributed by atoms with Crippen LogP contribution in [-0.4, -0.2) is 15.0 Å². The van der Waals surface area contributed by atoms with Crippen LogP contribution in [0.3, 0.4) is 0 Å². The summed E-state index contributed by atoms with van der Waals surface area (Å²) >= 11 is 0. The van der Waals surface area contributed by atoms with Crippen molar-refractivity contribution in [3.8, 4) is 78.7 Å². The van der Waals surface area contributed by atoms with Crippen LogP contribution in [0.2, 0.25) is 0 Å². The second kappa shape index (κ2) is 15.1. The molecule has 280 valence electrons.